The predicted molar refractivity (Wildman–Crippen MR) is 76.8 cm³/mol. The van der Waals surface area contributed by atoms with Crippen molar-refractivity contribution in [2.24, 2.45) is 5.73 Å². The van der Waals surface area contributed by atoms with Crippen molar-refractivity contribution in [2.45, 2.75) is 20.4 Å². The Hall–Kier alpha value is -2.00. The molecule has 2 N–H and O–H groups in total. The highest BCUT2D eigenvalue weighted by atomic mass is 16.5. The zero-order chi connectivity index (χ0) is 13.7. The summed E-state index contributed by atoms with van der Waals surface area (Å²) in [5.74, 6) is 2.44. The summed E-state index contributed by atoms with van der Waals surface area (Å²) in [6.45, 7) is 5.12. The molecule has 0 radical (unpaired) electrons. The molecular weight excluding hydrogens is 238 g/mol. The molecule has 100 valence electrons. The summed E-state index contributed by atoms with van der Waals surface area (Å²) in [7, 11) is 0. The average molecular weight is 257 g/mol. The lowest BCUT2D eigenvalue weighted by Gasteiger charge is -2.11. The van der Waals surface area contributed by atoms with Gasteiger partial charge in [-0.15, -0.1) is 0 Å². The Morgan fingerprint density at radius 2 is 1.68 bits per heavy atom. The predicted octanol–water partition coefficient (Wildman–Crippen LogP) is 3.64. The smallest absolute Gasteiger partial charge is 0.132 e. The van der Waals surface area contributed by atoms with Crippen LogP contribution in [0, 0.1) is 6.92 Å². The van der Waals surface area contributed by atoms with Gasteiger partial charge in [-0.1, -0.05) is 12.1 Å². The van der Waals surface area contributed by atoms with E-state index in [1.165, 1.54) is 0 Å². The highest BCUT2D eigenvalue weighted by Gasteiger charge is 2.04. The molecule has 0 aliphatic heterocycles. The van der Waals surface area contributed by atoms with Crippen molar-refractivity contribution in [3.8, 4) is 17.2 Å². The van der Waals surface area contributed by atoms with Crippen molar-refractivity contribution in [3.63, 3.8) is 0 Å². The van der Waals surface area contributed by atoms with Gasteiger partial charge in [0.2, 0.25) is 0 Å². The van der Waals surface area contributed by atoms with Gasteiger partial charge < -0.3 is 15.2 Å². The van der Waals surface area contributed by atoms with Gasteiger partial charge in [0.15, 0.2) is 0 Å². The lowest BCUT2D eigenvalue weighted by Crippen LogP contribution is -1.99. The number of hydrogen-bond acceptors (Lipinski definition) is 3. The normalized spacial score (nSPS) is 10.3. The Bertz CT molecular complexity index is 535. The van der Waals surface area contributed by atoms with E-state index in [2.05, 4.69) is 0 Å². The van der Waals surface area contributed by atoms with Crippen molar-refractivity contribution in [3.05, 3.63) is 53.6 Å². The number of hydrogen-bond donors (Lipinski definition) is 1. The van der Waals surface area contributed by atoms with Crippen molar-refractivity contribution in [1.82, 2.24) is 0 Å². The van der Waals surface area contributed by atoms with Crippen molar-refractivity contribution >= 4 is 0 Å². The average Bonchev–Trinajstić information content (AvgIpc) is 2.42. The molecule has 0 aliphatic carbocycles. The minimum atomic E-state index is 0.465. The summed E-state index contributed by atoms with van der Waals surface area (Å²) >= 11 is 0. The standard InChI is InChI=1S/C16H19NO2/c1-3-18-14-6-8-15(9-7-14)19-16-10-12(2)4-5-13(16)11-17/h4-10H,3,11,17H2,1-2H3. The van der Waals surface area contributed by atoms with Crippen molar-refractivity contribution < 1.29 is 9.47 Å². The number of ether oxygens (including phenoxy) is 2. The van der Waals surface area contributed by atoms with Crippen LogP contribution in [0.15, 0.2) is 42.5 Å². The summed E-state index contributed by atoms with van der Waals surface area (Å²) in [4.78, 5) is 0. The fourth-order valence-electron chi connectivity index (χ4n) is 1.82. The minimum absolute atomic E-state index is 0.465. The number of rotatable bonds is 5. The molecular formula is C16H19NO2. The van der Waals surface area contributed by atoms with Gasteiger partial charge in [0, 0.05) is 12.1 Å². The van der Waals surface area contributed by atoms with Crippen LogP contribution < -0.4 is 15.2 Å². The van der Waals surface area contributed by atoms with Crippen LogP contribution in [0.4, 0.5) is 0 Å². The SMILES string of the molecule is CCOc1ccc(Oc2cc(C)ccc2CN)cc1. The van der Waals surface area contributed by atoms with E-state index in [9.17, 15) is 0 Å². The lowest BCUT2D eigenvalue weighted by molar-refractivity contribution is 0.339. The Morgan fingerprint density at radius 1 is 1.00 bits per heavy atom. The first kappa shape index (κ1) is 13.4. The Kier molecular flexibility index (Phi) is 4.42. The summed E-state index contributed by atoms with van der Waals surface area (Å²) in [6, 6.07) is 13.6. The molecule has 2 aromatic rings. The van der Waals surface area contributed by atoms with E-state index in [0.29, 0.717) is 13.2 Å². The second-order valence-corrected chi connectivity index (χ2v) is 4.32. The van der Waals surface area contributed by atoms with Gasteiger partial charge in [-0.3, -0.25) is 0 Å². The van der Waals surface area contributed by atoms with E-state index in [1.54, 1.807) is 0 Å². The van der Waals surface area contributed by atoms with Gasteiger partial charge in [-0.25, -0.2) is 0 Å². The molecule has 0 heterocycles. The maximum Gasteiger partial charge on any atom is 0.132 e. The molecule has 0 unspecified atom stereocenters. The van der Waals surface area contributed by atoms with E-state index in [4.69, 9.17) is 15.2 Å². The second-order valence-electron chi connectivity index (χ2n) is 4.32. The summed E-state index contributed by atoms with van der Waals surface area (Å²) in [6.07, 6.45) is 0. The molecule has 19 heavy (non-hydrogen) atoms. The summed E-state index contributed by atoms with van der Waals surface area (Å²) in [5.41, 5.74) is 7.87. The van der Waals surface area contributed by atoms with E-state index < -0.39 is 0 Å². The third-order valence-corrected chi connectivity index (χ3v) is 2.81. The van der Waals surface area contributed by atoms with Gasteiger partial charge in [0.25, 0.3) is 0 Å². The van der Waals surface area contributed by atoms with Crippen LogP contribution in [0.1, 0.15) is 18.1 Å². The van der Waals surface area contributed by atoms with Crippen LogP contribution >= 0.6 is 0 Å². The summed E-state index contributed by atoms with van der Waals surface area (Å²) in [5, 5.41) is 0. The van der Waals surface area contributed by atoms with Crippen LogP contribution in [0.2, 0.25) is 0 Å². The number of nitrogens with two attached hydrogens (primary N) is 1. The molecule has 3 nitrogen and oxygen atoms in total. The fraction of sp³-hybridized carbons (Fsp3) is 0.250. The van der Waals surface area contributed by atoms with Gasteiger partial charge in [0.05, 0.1) is 6.61 Å². The molecule has 0 aromatic heterocycles. The largest absolute Gasteiger partial charge is 0.494 e. The van der Waals surface area contributed by atoms with Crippen LogP contribution in [0.3, 0.4) is 0 Å². The Labute approximate surface area is 114 Å². The molecule has 2 aromatic carbocycles. The monoisotopic (exact) mass is 257 g/mol. The molecule has 3 heteroatoms. The Balaban J connectivity index is 2.18. The second kappa shape index (κ2) is 6.25. The zero-order valence-corrected chi connectivity index (χ0v) is 11.3. The first-order valence-corrected chi connectivity index (χ1v) is 6.43. The molecule has 0 saturated carbocycles. The van der Waals surface area contributed by atoms with Gasteiger partial charge in [-0.05, 0) is 49.7 Å². The molecule has 0 atom stereocenters. The number of aryl methyl sites for hydroxylation is 1. The molecule has 0 spiro atoms. The Morgan fingerprint density at radius 3 is 2.32 bits per heavy atom. The van der Waals surface area contributed by atoms with E-state index in [0.717, 1.165) is 28.4 Å². The molecule has 0 fully saturated rings. The highest BCUT2D eigenvalue weighted by molar-refractivity contribution is 5.41. The van der Waals surface area contributed by atoms with E-state index >= 15 is 0 Å². The van der Waals surface area contributed by atoms with Gasteiger partial charge in [0.1, 0.15) is 17.2 Å². The quantitative estimate of drug-likeness (QED) is 0.889. The summed E-state index contributed by atoms with van der Waals surface area (Å²) < 4.78 is 11.3. The van der Waals surface area contributed by atoms with E-state index in [-0.39, 0.29) is 0 Å². The highest BCUT2D eigenvalue weighted by Crippen LogP contribution is 2.27. The van der Waals surface area contributed by atoms with Crippen molar-refractivity contribution in [1.29, 1.82) is 0 Å². The maximum absolute atomic E-state index is 5.88. The molecule has 0 bridgehead atoms. The molecule has 0 saturated heterocycles. The first-order valence-electron chi connectivity index (χ1n) is 6.43. The fourth-order valence-corrected chi connectivity index (χ4v) is 1.82. The van der Waals surface area contributed by atoms with E-state index in [1.807, 2.05) is 56.3 Å². The minimum Gasteiger partial charge on any atom is -0.494 e. The lowest BCUT2D eigenvalue weighted by atomic mass is 10.1. The third-order valence-electron chi connectivity index (χ3n) is 2.81. The third kappa shape index (κ3) is 3.48. The molecule has 0 amide bonds. The molecule has 0 aliphatic rings. The zero-order valence-electron chi connectivity index (χ0n) is 11.3. The number of benzene rings is 2. The van der Waals surface area contributed by atoms with Crippen LogP contribution in [-0.2, 0) is 6.54 Å². The van der Waals surface area contributed by atoms with Crippen LogP contribution in [-0.4, -0.2) is 6.61 Å². The maximum atomic E-state index is 5.88. The van der Waals surface area contributed by atoms with Crippen molar-refractivity contribution in [2.75, 3.05) is 6.61 Å². The molecule has 2 rings (SSSR count). The van der Waals surface area contributed by atoms with Crippen LogP contribution in [0.5, 0.6) is 17.2 Å². The van der Waals surface area contributed by atoms with Gasteiger partial charge in [-0.2, -0.15) is 0 Å². The topological polar surface area (TPSA) is 44.5 Å². The first-order chi connectivity index (χ1) is 9.22. The van der Waals surface area contributed by atoms with Crippen LogP contribution in [0.25, 0.3) is 0 Å². The van der Waals surface area contributed by atoms with Gasteiger partial charge >= 0.3 is 0 Å².